The molecule has 0 aliphatic rings. The van der Waals surface area contributed by atoms with Gasteiger partial charge in [-0.05, 0) is 48.4 Å². The van der Waals surface area contributed by atoms with Gasteiger partial charge in [-0.3, -0.25) is 14.4 Å². The average Bonchev–Trinajstić information content (AvgIpc) is 2.72. The normalized spacial score (nSPS) is 10.4. The fourth-order valence-corrected chi connectivity index (χ4v) is 3.08. The summed E-state index contributed by atoms with van der Waals surface area (Å²) >= 11 is 6.18. The van der Waals surface area contributed by atoms with Gasteiger partial charge in [0.1, 0.15) is 0 Å². The van der Waals surface area contributed by atoms with E-state index < -0.39 is 0 Å². The SMILES string of the molecule is CNC(=O)c1ccc(NC(=O)c2ccc(=O)n(Cc3ccccc3Cl)c2)c(C)c1. The molecule has 0 fully saturated rings. The number of carbonyl (C=O) groups is 2. The van der Waals surface area contributed by atoms with Crippen LogP contribution in [-0.4, -0.2) is 23.4 Å². The van der Waals surface area contributed by atoms with Crippen molar-refractivity contribution in [1.29, 1.82) is 0 Å². The van der Waals surface area contributed by atoms with Crippen LogP contribution < -0.4 is 16.2 Å². The summed E-state index contributed by atoms with van der Waals surface area (Å²) in [5.41, 5.74) is 2.75. The van der Waals surface area contributed by atoms with Crippen LogP contribution in [0.25, 0.3) is 0 Å². The van der Waals surface area contributed by atoms with Gasteiger partial charge in [0.2, 0.25) is 0 Å². The summed E-state index contributed by atoms with van der Waals surface area (Å²) in [6, 6.07) is 15.1. The van der Waals surface area contributed by atoms with Crippen LogP contribution >= 0.6 is 11.6 Å². The van der Waals surface area contributed by atoms with Gasteiger partial charge in [-0.25, -0.2) is 0 Å². The van der Waals surface area contributed by atoms with Gasteiger partial charge in [0.05, 0.1) is 12.1 Å². The van der Waals surface area contributed by atoms with Gasteiger partial charge in [0, 0.05) is 35.6 Å². The van der Waals surface area contributed by atoms with E-state index in [0.717, 1.165) is 11.1 Å². The maximum Gasteiger partial charge on any atom is 0.257 e. The number of nitrogens with zero attached hydrogens (tertiary/aromatic N) is 1. The molecule has 0 saturated carbocycles. The number of anilines is 1. The first-order valence-corrected chi connectivity index (χ1v) is 9.35. The van der Waals surface area contributed by atoms with Crippen molar-refractivity contribution in [2.45, 2.75) is 13.5 Å². The summed E-state index contributed by atoms with van der Waals surface area (Å²) in [5.74, 6) is -0.550. The van der Waals surface area contributed by atoms with Crippen molar-refractivity contribution >= 4 is 29.1 Å². The van der Waals surface area contributed by atoms with Crippen LogP contribution in [0.1, 0.15) is 31.8 Å². The van der Waals surface area contributed by atoms with Gasteiger partial charge in [0.15, 0.2) is 0 Å². The molecule has 0 bridgehead atoms. The van der Waals surface area contributed by atoms with Crippen molar-refractivity contribution in [2.75, 3.05) is 12.4 Å². The molecule has 2 N–H and O–H groups in total. The topological polar surface area (TPSA) is 80.2 Å². The molecule has 0 spiro atoms. The molecular weight excluding hydrogens is 390 g/mol. The van der Waals surface area contributed by atoms with E-state index in [1.165, 1.54) is 22.9 Å². The molecule has 1 aromatic heterocycles. The van der Waals surface area contributed by atoms with E-state index in [4.69, 9.17) is 11.6 Å². The van der Waals surface area contributed by atoms with Crippen molar-refractivity contribution in [3.05, 3.63) is 98.4 Å². The highest BCUT2D eigenvalue weighted by atomic mass is 35.5. The van der Waals surface area contributed by atoms with Crippen LogP contribution in [0.5, 0.6) is 0 Å². The zero-order valence-corrected chi connectivity index (χ0v) is 16.8. The van der Waals surface area contributed by atoms with Gasteiger partial charge in [-0.15, -0.1) is 0 Å². The fourth-order valence-electron chi connectivity index (χ4n) is 2.88. The van der Waals surface area contributed by atoms with E-state index in [2.05, 4.69) is 10.6 Å². The Labute approximate surface area is 173 Å². The highest BCUT2D eigenvalue weighted by molar-refractivity contribution is 6.31. The lowest BCUT2D eigenvalue weighted by molar-refractivity contribution is 0.0962. The minimum atomic E-state index is -0.353. The monoisotopic (exact) mass is 409 g/mol. The number of carbonyl (C=O) groups excluding carboxylic acids is 2. The predicted octanol–water partition coefficient (Wildman–Crippen LogP) is 3.47. The minimum Gasteiger partial charge on any atom is -0.355 e. The standard InChI is InChI=1S/C22H20ClN3O3/c1-14-11-15(21(28)24-2)7-9-19(14)25-22(29)17-8-10-20(27)26(13-17)12-16-5-3-4-6-18(16)23/h3-11,13H,12H2,1-2H3,(H,24,28)(H,25,29). The number of aryl methyl sites for hydroxylation is 1. The van der Waals surface area contributed by atoms with E-state index in [1.54, 1.807) is 38.2 Å². The minimum absolute atomic E-state index is 0.197. The third-order valence-corrected chi connectivity index (χ3v) is 4.88. The number of hydrogen-bond donors (Lipinski definition) is 2. The molecule has 1 heterocycles. The Hall–Kier alpha value is -3.38. The Bertz CT molecular complexity index is 1140. The molecule has 0 aliphatic heterocycles. The largest absolute Gasteiger partial charge is 0.355 e. The number of halogens is 1. The van der Waals surface area contributed by atoms with E-state index in [-0.39, 0.29) is 23.9 Å². The molecule has 7 heteroatoms. The zero-order chi connectivity index (χ0) is 21.0. The molecule has 2 aromatic carbocycles. The number of hydrogen-bond acceptors (Lipinski definition) is 3. The summed E-state index contributed by atoms with van der Waals surface area (Å²) in [5, 5.41) is 5.94. The quantitative estimate of drug-likeness (QED) is 0.677. The lowest BCUT2D eigenvalue weighted by Gasteiger charge is -2.12. The molecule has 0 atom stereocenters. The number of amides is 2. The van der Waals surface area contributed by atoms with Crippen LogP contribution in [0.2, 0.25) is 5.02 Å². The van der Waals surface area contributed by atoms with Gasteiger partial charge in [-0.1, -0.05) is 29.8 Å². The van der Waals surface area contributed by atoms with Gasteiger partial charge >= 0.3 is 0 Å². The number of aromatic nitrogens is 1. The molecule has 0 aliphatic carbocycles. The highest BCUT2D eigenvalue weighted by Gasteiger charge is 2.12. The lowest BCUT2D eigenvalue weighted by atomic mass is 10.1. The average molecular weight is 410 g/mol. The fraction of sp³-hybridized carbons (Fsp3) is 0.136. The van der Waals surface area contributed by atoms with Crippen LogP contribution in [-0.2, 0) is 6.54 Å². The van der Waals surface area contributed by atoms with Crippen molar-refractivity contribution in [1.82, 2.24) is 9.88 Å². The summed E-state index contributed by atoms with van der Waals surface area (Å²) in [6.07, 6.45) is 1.51. The maximum absolute atomic E-state index is 12.7. The summed E-state index contributed by atoms with van der Waals surface area (Å²) < 4.78 is 1.44. The second-order valence-corrected chi connectivity index (χ2v) is 6.95. The Morgan fingerprint density at radius 1 is 1.00 bits per heavy atom. The third-order valence-electron chi connectivity index (χ3n) is 4.51. The van der Waals surface area contributed by atoms with Crippen molar-refractivity contribution in [2.24, 2.45) is 0 Å². The first-order chi connectivity index (χ1) is 13.9. The second-order valence-electron chi connectivity index (χ2n) is 6.54. The van der Waals surface area contributed by atoms with E-state index in [9.17, 15) is 14.4 Å². The number of nitrogens with one attached hydrogen (secondary N) is 2. The molecule has 3 rings (SSSR count). The molecule has 6 nitrogen and oxygen atoms in total. The zero-order valence-electron chi connectivity index (χ0n) is 16.0. The molecule has 3 aromatic rings. The summed E-state index contributed by atoms with van der Waals surface area (Å²) in [6.45, 7) is 2.07. The van der Waals surface area contributed by atoms with Gasteiger partial charge in [0.25, 0.3) is 17.4 Å². The van der Waals surface area contributed by atoms with Gasteiger partial charge < -0.3 is 15.2 Å². The molecule has 148 valence electrons. The van der Waals surface area contributed by atoms with E-state index in [0.29, 0.717) is 21.8 Å². The number of benzene rings is 2. The van der Waals surface area contributed by atoms with Crippen LogP contribution in [0.3, 0.4) is 0 Å². The first-order valence-electron chi connectivity index (χ1n) is 8.97. The Morgan fingerprint density at radius 2 is 1.72 bits per heavy atom. The molecule has 0 unspecified atom stereocenters. The lowest BCUT2D eigenvalue weighted by Crippen LogP contribution is -2.23. The van der Waals surface area contributed by atoms with Crippen molar-refractivity contribution in [3.63, 3.8) is 0 Å². The summed E-state index contributed by atoms with van der Waals surface area (Å²) in [4.78, 5) is 36.6. The predicted molar refractivity (Wildman–Crippen MR) is 114 cm³/mol. The summed E-state index contributed by atoms with van der Waals surface area (Å²) in [7, 11) is 1.56. The van der Waals surface area contributed by atoms with Crippen LogP contribution in [0.4, 0.5) is 5.69 Å². The smallest absolute Gasteiger partial charge is 0.257 e. The molecule has 0 radical (unpaired) electrons. The molecule has 29 heavy (non-hydrogen) atoms. The number of rotatable bonds is 5. The van der Waals surface area contributed by atoms with Crippen LogP contribution in [0, 0.1) is 6.92 Å². The Morgan fingerprint density at radius 3 is 2.41 bits per heavy atom. The molecular formula is C22H20ClN3O3. The maximum atomic E-state index is 12.7. The van der Waals surface area contributed by atoms with Gasteiger partial charge in [-0.2, -0.15) is 0 Å². The first kappa shape index (κ1) is 20.4. The Balaban J connectivity index is 1.82. The third kappa shape index (κ3) is 4.73. The molecule has 0 saturated heterocycles. The Kier molecular flexibility index (Phi) is 6.14. The van der Waals surface area contributed by atoms with Crippen molar-refractivity contribution < 1.29 is 9.59 Å². The number of pyridine rings is 1. The molecule has 2 amide bonds. The second kappa shape index (κ2) is 8.75. The van der Waals surface area contributed by atoms with E-state index in [1.807, 2.05) is 18.2 Å². The highest BCUT2D eigenvalue weighted by Crippen LogP contribution is 2.18. The van der Waals surface area contributed by atoms with Crippen LogP contribution in [0.15, 0.2) is 65.6 Å². The van der Waals surface area contributed by atoms with E-state index >= 15 is 0 Å². The van der Waals surface area contributed by atoms with Crippen molar-refractivity contribution in [3.8, 4) is 0 Å².